The van der Waals surface area contributed by atoms with Crippen molar-refractivity contribution in [1.29, 1.82) is 0 Å². The maximum atomic E-state index is 12.1. The van der Waals surface area contributed by atoms with Crippen LogP contribution in [0.3, 0.4) is 0 Å². The highest BCUT2D eigenvalue weighted by Gasteiger charge is 2.07. The highest BCUT2D eigenvalue weighted by molar-refractivity contribution is 5.95. The fraction of sp³-hybridized carbons (Fsp3) is 0.167. The zero-order valence-corrected chi connectivity index (χ0v) is 12.9. The number of para-hydroxylation sites is 1. The summed E-state index contributed by atoms with van der Waals surface area (Å²) in [4.78, 5) is 20.7. The standard InChI is InChI=1S/C18H18N4O/c1-13-15(6-4-10-19-13)18(23)21-12-11-20-17-9-8-14-5-2-3-7-16(14)22-17/h2-10H,11-12H2,1H3,(H,20,22)(H,21,23). The first-order valence-corrected chi connectivity index (χ1v) is 7.53. The average Bonchev–Trinajstić information content (AvgIpc) is 2.59. The second kappa shape index (κ2) is 6.87. The van der Waals surface area contributed by atoms with Crippen molar-refractivity contribution >= 4 is 22.6 Å². The van der Waals surface area contributed by atoms with Crippen LogP contribution in [0.1, 0.15) is 16.1 Å². The lowest BCUT2D eigenvalue weighted by atomic mass is 10.2. The molecular weight excluding hydrogens is 288 g/mol. The van der Waals surface area contributed by atoms with E-state index in [1.807, 2.05) is 43.3 Å². The summed E-state index contributed by atoms with van der Waals surface area (Å²) in [7, 11) is 0. The molecule has 1 amide bonds. The number of carbonyl (C=O) groups excluding carboxylic acids is 1. The molecule has 116 valence electrons. The van der Waals surface area contributed by atoms with Crippen LogP contribution in [0.4, 0.5) is 5.82 Å². The zero-order valence-electron chi connectivity index (χ0n) is 12.9. The van der Waals surface area contributed by atoms with E-state index < -0.39 is 0 Å². The van der Waals surface area contributed by atoms with Gasteiger partial charge in [0.05, 0.1) is 11.1 Å². The molecule has 2 heterocycles. The van der Waals surface area contributed by atoms with Gasteiger partial charge in [-0.25, -0.2) is 4.98 Å². The number of fused-ring (bicyclic) bond motifs is 1. The summed E-state index contributed by atoms with van der Waals surface area (Å²) >= 11 is 0. The van der Waals surface area contributed by atoms with E-state index in [0.717, 1.165) is 22.4 Å². The van der Waals surface area contributed by atoms with Gasteiger partial charge in [-0.15, -0.1) is 0 Å². The first-order valence-electron chi connectivity index (χ1n) is 7.53. The van der Waals surface area contributed by atoms with Gasteiger partial charge >= 0.3 is 0 Å². The number of carbonyl (C=O) groups is 1. The van der Waals surface area contributed by atoms with Crippen LogP contribution >= 0.6 is 0 Å². The molecule has 2 N–H and O–H groups in total. The van der Waals surface area contributed by atoms with E-state index in [1.54, 1.807) is 18.3 Å². The molecule has 3 aromatic rings. The van der Waals surface area contributed by atoms with E-state index >= 15 is 0 Å². The van der Waals surface area contributed by atoms with Gasteiger partial charge in [0.1, 0.15) is 5.82 Å². The third-order valence-electron chi connectivity index (χ3n) is 3.57. The molecule has 0 aliphatic carbocycles. The van der Waals surface area contributed by atoms with Crippen LogP contribution in [-0.4, -0.2) is 29.0 Å². The highest BCUT2D eigenvalue weighted by Crippen LogP contribution is 2.14. The van der Waals surface area contributed by atoms with Crippen molar-refractivity contribution in [2.45, 2.75) is 6.92 Å². The lowest BCUT2D eigenvalue weighted by Crippen LogP contribution is -2.29. The van der Waals surface area contributed by atoms with Crippen LogP contribution in [0, 0.1) is 6.92 Å². The van der Waals surface area contributed by atoms with Gasteiger partial charge in [0.15, 0.2) is 0 Å². The lowest BCUT2D eigenvalue weighted by molar-refractivity contribution is 0.0954. The van der Waals surface area contributed by atoms with Gasteiger partial charge in [0.2, 0.25) is 0 Å². The Morgan fingerprint density at radius 1 is 1.04 bits per heavy atom. The lowest BCUT2D eigenvalue weighted by Gasteiger charge is -2.09. The van der Waals surface area contributed by atoms with E-state index in [1.165, 1.54) is 0 Å². The fourth-order valence-corrected chi connectivity index (χ4v) is 2.35. The largest absolute Gasteiger partial charge is 0.368 e. The molecule has 0 bridgehead atoms. The van der Waals surface area contributed by atoms with Crippen LogP contribution in [0.5, 0.6) is 0 Å². The number of hydrogen-bond donors (Lipinski definition) is 2. The summed E-state index contributed by atoms with van der Waals surface area (Å²) in [5.74, 6) is 0.694. The molecular formula is C18H18N4O. The molecule has 5 nitrogen and oxygen atoms in total. The van der Waals surface area contributed by atoms with Gasteiger partial charge in [-0.05, 0) is 37.3 Å². The Bertz CT molecular complexity index is 832. The Balaban J connectivity index is 1.53. The number of nitrogens with zero attached hydrogens (tertiary/aromatic N) is 2. The number of hydrogen-bond acceptors (Lipinski definition) is 4. The van der Waals surface area contributed by atoms with E-state index in [4.69, 9.17) is 0 Å². The summed E-state index contributed by atoms with van der Waals surface area (Å²) in [6, 6.07) is 15.5. The normalized spacial score (nSPS) is 10.5. The average molecular weight is 306 g/mol. The minimum Gasteiger partial charge on any atom is -0.368 e. The van der Waals surface area contributed by atoms with Crippen molar-refractivity contribution in [3.05, 3.63) is 66.0 Å². The molecule has 1 aromatic carbocycles. The van der Waals surface area contributed by atoms with E-state index in [0.29, 0.717) is 18.7 Å². The second-order valence-corrected chi connectivity index (χ2v) is 5.21. The van der Waals surface area contributed by atoms with Gasteiger partial charge in [0, 0.05) is 30.4 Å². The molecule has 0 aliphatic rings. The number of amides is 1. The molecule has 0 unspecified atom stereocenters. The Labute approximate surface area is 134 Å². The number of benzene rings is 1. The second-order valence-electron chi connectivity index (χ2n) is 5.21. The molecule has 0 saturated heterocycles. The predicted molar refractivity (Wildman–Crippen MR) is 91.5 cm³/mol. The van der Waals surface area contributed by atoms with Crippen molar-refractivity contribution in [1.82, 2.24) is 15.3 Å². The Hall–Kier alpha value is -2.95. The molecule has 5 heteroatoms. The van der Waals surface area contributed by atoms with Crippen molar-refractivity contribution in [3.8, 4) is 0 Å². The first-order chi connectivity index (χ1) is 11.2. The third-order valence-corrected chi connectivity index (χ3v) is 3.57. The zero-order chi connectivity index (χ0) is 16.1. The van der Waals surface area contributed by atoms with Gasteiger partial charge in [-0.2, -0.15) is 0 Å². The van der Waals surface area contributed by atoms with Crippen LogP contribution in [-0.2, 0) is 0 Å². The molecule has 0 radical (unpaired) electrons. The fourth-order valence-electron chi connectivity index (χ4n) is 2.35. The summed E-state index contributed by atoms with van der Waals surface area (Å²) in [5.41, 5.74) is 2.29. The van der Waals surface area contributed by atoms with Gasteiger partial charge in [-0.1, -0.05) is 18.2 Å². The van der Waals surface area contributed by atoms with Crippen molar-refractivity contribution in [2.24, 2.45) is 0 Å². The maximum absolute atomic E-state index is 12.1. The SMILES string of the molecule is Cc1ncccc1C(=O)NCCNc1ccc2ccccc2n1. The van der Waals surface area contributed by atoms with Crippen LogP contribution in [0.15, 0.2) is 54.7 Å². The molecule has 0 saturated carbocycles. The van der Waals surface area contributed by atoms with Gasteiger partial charge < -0.3 is 10.6 Å². The van der Waals surface area contributed by atoms with Crippen molar-refractivity contribution in [3.63, 3.8) is 0 Å². The summed E-state index contributed by atoms with van der Waals surface area (Å²) in [5, 5.41) is 7.20. The Morgan fingerprint density at radius 3 is 2.78 bits per heavy atom. The minimum absolute atomic E-state index is 0.108. The van der Waals surface area contributed by atoms with Crippen molar-refractivity contribution < 1.29 is 4.79 Å². The number of rotatable bonds is 5. The topological polar surface area (TPSA) is 66.9 Å². The molecule has 0 aliphatic heterocycles. The molecule has 0 fully saturated rings. The Kier molecular flexibility index (Phi) is 4.47. The Morgan fingerprint density at radius 2 is 1.91 bits per heavy atom. The van der Waals surface area contributed by atoms with Gasteiger partial charge in [0.25, 0.3) is 5.91 Å². The third kappa shape index (κ3) is 3.63. The minimum atomic E-state index is -0.108. The molecule has 23 heavy (non-hydrogen) atoms. The molecule has 0 spiro atoms. The summed E-state index contributed by atoms with van der Waals surface area (Å²) < 4.78 is 0. The molecule has 0 atom stereocenters. The maximum Gasteiger partial charge on any atom is 0.253 e. The molecule has 2 aromatic heterocycles. The quantitative estimate of drug-likeness (QED) is 0.711. The van der Waals surface area contributed by atoms with Crippen LogP contribution in [0.25, 0.3) is 10.9 Å². The van der Waals surface area contributed by atoms with E-state index in [9.17, 15) is 4.79 Å². The first kappa shape index (κ1) is 15.0. The van der Waals surface area contributed by atoms with E-state index in [-0.39, 0.29) is 5.91 Å². The molecule has 3 rings (SSSR count). The summed E-state index contributed by atoms with van der Waals surface area (Å²) in [6.07, 6.45) is 1.68. The number of nitrogens with one attached hydrogen (secondary N) is 2. The number of anilines is 1. The highest BCUT2D eigenvalue weighted by atomic mass is 16.1. The predicted octanol–water partition coefficient (Wildman–Crippen LogP) is 2.78. The summed E-state index contributed by atoms with van der Waals surface area (Å²) in [6.45, 7) is 2.95. The monoisotopic (exact) mass is 306 g/mol. The number of pyridine rings is 2. The van der Waals surface area contributed by atoms with E-state index in [2.05, 4.69) is 20.6 Å². The van der Waals surface area contributed by atoms with Crippen LogP contribution in [0.2, 0.25) is 0 Å². The van der Waals surface area contributed by atoms with Crippen LogP contribution < -0.4 is 10.6 Å². The smallest absolute Gasteiger partial charge is 0.253 e. The van der Waals surface area contributed by atoms with Crippen molar-refractivity contribution in [2.75, 3.05) is 18.4 Å². The number of aromatic nitrogens is 2. The number of aryl methyl sites for hydroxylation is 1. The van der Waals surface area contributed by atoms with Gasteiger partial charge in [-0.3, -0.25) is 9.78 Å².